The highest BCUT2D eigenvalue weighted by Gasteiger charge is 2.36. The van der Waals surface area contributed by atoms with Gasteiger partial charge in [0.05, 0.1) is 11.6 Å². The number of hydrogen-bond acceptors (Lipinski definition) is 4. The SMILES string of the molecule is O=C1CC(c2nc(-c3cccc(F)c3)no2)CN1c1ccc(F)cc1F. The molecule has 1 amide bonds. The van der Waals surface area contributed by atoms with Crippen LogP contribution in [-0.2, 0) is 4.79 Å². The van der Waals surface area contributed by atoms with E-state index in [1.165, 1.54) is 29.2 Å². The average molecular weight is 359 g/mol. The molecule has 0 aliphatic carbocycles. The van der Waals surface area contributed by atoms with Crippen molar-refractivity contribution in [1.82, 2.24) is 10.1 Å². The predicted molar refractivity (Wildman–Crippen MR) is 85.8 cm³/mol. The number of aromatic nitrogens is 2. The Kier molecular flexibility index (Phi) is 3.95. The van der Waals surface area contributed by atoms with Crippen molar-refractivity contribution in [3.63, 3.8) is 0 Å². The number of nitrogens with zero attached hydrogens (tertiary/aromatic N) is 3. The van der Waals surface area contributed by atoms with Crippen LogP contribution in [0.15, 0.2) is 47.0 Å². The molecule has 26 heavy (non-hydrogen) atoms. The number of hydrogen-bond donors (Lipinski definition) is 0. The fraction of sp³-hybridized carbons (Fsp3) is 0.167. The summed E-state index contributed by atoms with van der Waals surface area (Å²) in [6.07, 6.45) is 0.0571. The largest absolute Gasteiger partial charge is 0.339 e. The zero-order chi connectivity index (χ0) is 18.3. The number of carbonyl (C=O) groups excluding carboxylic acids is 1. The van der Waals surface area contributed by atoms with Gasteiger partial charge >= 0.3 is 0 Å². The van der Waals surface area contributed by atoms with Crippen LogP contribution in [0.2, 0.25) is 0 Å². The number of carbonyl (C=O) groups is 1. The maximum absolute atomic E-state index is 13.9. The van der Waals surface area contributed by atoms with Crippen molar-refractivity contribution in [1.29, 1.82) is 0 Å². The fourth-order valence-electron chi connectivity index (χ4n) is 2.95. The molecule has 0 N–H and O–H groups in total. The topological polar surface area (TPSA) is 59.2 Å². The summed E-state index contributed by atoms with van der Waals surface area (Å²) in [6, 6.07) is 8.77. The van der Waals surface area contributed by atoms with Crippen molar-refractivity contribution in [2.45, 2.75) is 12.3 Å². The Bertz CT molecular complexity index is 989. The van der Waals surface area contributed by atoms with Crippen LogP contribution in [0, 0.1) is 17.5 Å². The Morgan fingerprint density at radius 2 is 1.88 bits per heavy atom. The molecule has 8 heteroatoms. The maximum atomic E-state index is 13.9. The third-order valence-electron chi connectivity index (χ3n) is 4.20. The van der Waals surface area contributed by atoms with Crippen LogP contribution >= 0.6 is 0 Å². The summed E-state index contributed by atoms with van der Waals surface area (Å²) in [5.41, 5.74) is 0.453. The molecule has 4 rings (SSSR count). The van der Waals surface area contributed by atoms with Gasteiger partial charge in [-0.2, -0.15) is 4.98 Å². The molecular formula is C18H12F3N3O2. The highest BCUT2D eigenvalue weighted by molar-refractivity contribution is 5.96. The van der Waals surface area contributed by atoms with E-state index < -0.39 is 23.4 Å². The van der Waals surface area contributed by atoms with E-state index >= 15 is 0 Å². The number of anilines is 1. The summed E-state index contributed by atoms with van der Waals surface area (Å²) in [5, 5.41) is 3.82. The molecule has 1 unspecified atom stereocenters. The molecule has 1 aliphatic heterocycles. The molecular weight excluding hydrogens is 347 g/mol. The van der Waals surface area contributed by atoms with Crippen molar-refractivity contribution in [3.8, 4) is 11.4 Å². The van der Waals surface area contributed by atoms with E-state index in [-0.39, 0.29) is 36.3 Å². The van der Waals surface area contributed by atoms with Gasteiger partial charge in [0, 0.05) is 24.6 Å². The standard InChI is InChI=1S/C18H12F3N3O2/c19-12-3-1-2-10(6-12)17-22-18(26-23-17)11-7-16(25)24(9-11)15-5-4-13(20)8-14(15)21/h1-6,8,11H,7,9H2. The quantitative estimate of drug-likeness (QED) is 0.716. The Balaban J connectivity index is 1.58. The highest BCUT2D eigenvalue weighted by atomic mass is 19.1. The molecule has 1 fully saturated rings. The maximum Gasteiger partial charge on any atom is 0.232 e. The smallest absolute Gasteiger partial charge is 0.232 e. The summed E-state index contributed by atoms with van der Waals surface area (Å²) < 4.78 is 45.5. The lowest BCUT2D eigenvalue weighted by molar-refractivity contribution is -0.117. The normalized spacial score (nSPS) is 17.1. The third kappa shape index (κ3) is 2.94. The first kappa shape index (κ1) is 16.3. The number of amides is 1. The summed E-state index contributed by atoms with van der Waals surface area (Å²) >= 11 is 0. The lowest BCUT2D eigenvalue weighted by Crippen LogP contribution is -2.25. The molecule has 0 bridgehead atoms. The van der Waals surface area contributed by atoms with E-state index in [9.17, 15) is 18.0 Å². The zero-order valence-electron chi connectivity index (χ0n) is 13.3. The molecule has 2 aromatic carbocycles. The van der Waals surface area contributed by atoms with Crippen molar-refractivity contribution in [3.05, 3.63) is 65.8 Å². The second-order valence-electron chi connectivity index (χ2n) is 5.97. The molecule has 1 aromatic heterocycles. The number of halogens is 3. The first-order chi connectivity index (χ1) is 12.5. The molecule has 3 aromatic rings. The Labute approximate surface area is 146 Å². The minimum absolute atomic E-state index is 0.00349. The van der Waals surface area contributed by atoms with Crippen molar-refractivity contribution in [2.24, 2.45) is 0 Å². The fourth-order valence-corrected chi connectivity index (χ4v) is 2.95. The molecule has 1 atom stereocenters. The average Bonchev–Trinajstić information content (AvgIpc) is 3.22. The second-order valence-corrected chi connectivity index (χ2v) is 5.97. The van der Waals surface area contributed by atoms with Crippen molar-refractivity contribution >= 4 is 11.6 Å². The predicted octanol–water partition coefficient (Wildman–Crippen LogP) is 3.67. The van der Waals surface area contributed by atoms with Crippen LogP contribution in [0.4, 0.5) is 18.9 Å². The Morgan fingerprint density at radius 3 is 2.65 bits per heavy atom. The third-order valence-corrected chi connectivity index (χ3v) is 4.20. The van der Waals surface area contributed by atoms with E-state index in [0.29, 0.717) is 5.56 Å². The van der Waals surface area contributed by atoms with Gasteiger partial charge in [0.25, 0.3) is 0 Å². The molecule has 2 heterocycles. The summed E-state index contributed by atoms with van der Waals surface area (Å²) in [6.45, 7) is 0.131. The summed E-state index contributed by atoms with van der Waals surface area (Å²) in [4.78, 5) is 17.7. The Hall–Kier alpha value is -3.16. The van der Waals surface area contributed by atoms with Gasteiger partial charge in [-0.1, -0.05) is 17.3 Å². The lowest BCUT2D eigenvalue weighted by Gasteiger charge is -2.16. The van der Waals surface area contributed by atoms with E-state index in [4.69, 9.17) is 4.52 Å². The van der Waals surface area contributed by atoms with Gasteiger partial charge in [0.15, 0.2) is 0 Å². The molecule has 1 saturated heterocycles. The second kappa shape index (κ2) is 6.29. The van der Waals surface area contributed by atoms with Crippen LogP contribution in [0.5, 0.6) is 0 Å². The molecule has 0 saturated carbocycles. The van der Waals surface area contributed by atoms with Crippen molar-refractivity contribution < 1.29 is 22.5 Å². The van der Waals surface area contributed by atoms with Crippen LogP contribution in [0.3, 0.4) is 0 Å². The van der Waals surface area contributed by atoms with Crippen LogP contribution < -0.4 is 4.90 Å². The van der Waals surface area contributed by atoms with Gasteiger partial charge in [-0.05, 0) is 24.3 Å². The van der Waals surface area contributed by atoms with E-state index in [2.05, 4.69) is 10.1 Å². The minimum atomic E-state index is -0.815. The molecule has 0 spiro atoms. The minimum Gasteiger partial charge on any atom is -0.339 e. The molecule has 132 valence electrons. The molecule has 0 radical (unpaired) electrons. The first-order valence-corrected chi connectivity index (χ1v) is 7.86. The molecule has 1 aliphatic rings. The highest BCUT2D eigenvalue weighted by Crippen LogP contribution is 2.33. The van der Waals surface area contributed by atoms with Crippen LogP contribution in [0.25, 0.3) is 11.4 Å². The van der Waals surface area contributed by atoms with Gasteiger partial charge in [0.1, 0.15) is 17.5 Å². The van der Waals surface area contributed by atoms with Crippen LogP contribution in [0.1, 0.15) is 18.2 Å². The van der Waals surface area contributed by atoms with Crippen molar-refractivity contribution in [2.75, 3.05) is 11.4 Å². The van der Waals surface area contributed by atoms with Gasteiger partial charge in [0.2, 0.25) is 17.6 Å². The van der Waals surface area contributed by atoms with E-state index in [0.717, 1.165) is 12.1 Å². The lowest BCUT2D eigenvalue weighted by atomic mass is 10.1. The van der Waals surface area contributed by atoms with Gasteiger partial charge in [-0.15, -0.1) is 0 Å². The number of rotatable bonds is 3. The van der Waals surface area contributed by atoms with Gasteiger partial charge in [-0.25, -0.2) is 13.2 Å². The van der Waals surface area contributed by atoms with E-state index in [1.807, 2.05) is 0 Å². The van der Waals surface area contributed by atoms with Crippen LogP contribution in [-0.4, -0.2) is 22.6 Å². The number of benzene rings is 2. The van der Waals surface area contributed by atoms with E-state index in [1.54, 1.807) is 6.07 Å². The molecule has 5 nitrogen and oxygen atoms in total. The van der Waals surface area contributed by atoms with Gasteiger partial charge < -0.3 is 9.42 Å². The van der Waals surface area contributed by atoms with Gasteiger partial charge in [-0.3, -0.25) is 4.79 Å². The first-order valence-electron chi connectivity index (χ1n) is 7.86. The zero-order valence-corrected chi connectivity index (χ0v) is 13.3. The monoisotopic (exact) mass is 359 g/mol. The summed E-state index contributed by atoms with van der Waals surface area (Å²) in [7, 11) is 0. The summed E-state index contributed by atoms with van der Waals surface area (Å²) in [5.74, 6) is -2.30. The Morgan fingerprint density at radius 1 is 1.08 bits per heavy atom.